The van der Waals surface area contributed by atoms with E-state index >= 15 is 0 Å². The van der Waals surface area contributed by atoms with Crippen LogP contribution in [0.25, 0.3) is 0 Å². The third kappa shape index (κ3) is 1.49. The predicted molar refractivity (Wildman–Crippen MR) is 42.8 cm³/mol. The number of nitrogens with one attached hydrogen (secondary N) is 1. The van der Waals surface area contributed by atoms with Gasteiger partial charge < -0.3 is 14.5 Å². The van der Waals surface area contributed by atoms with E-state index in [2.05, 4.69) is 10.3 Å². The highest BCUT2D eigenvalue weighted by atomic mass is 16.5. The standard InChI is InChI=1S/C8H12N2O2/c1-6-4-12-8(10-6)7-5-11-3-2-9-7/h4,7,9H,2-3,5H2,1H3. The molecule has 1 aromatic rings. The number of hydrogen-bond acceptors (Lipinski definition) is 4. The topological polar surface area (TPSA) is 47.3 Å². The lowest BCUT2D eigenvalue weighted by atomic mass is 10.3. The maximum Gasteiger partial charge on any atom is 0.213 e. The van der Waals surface area contributed by atoms with Gasteiger partial charge in [-0.1, -0.05) is 0 Å². The van der Waals surface area contributed by atoms with Gasteiger partial charge in [-0.15, -0.1) is 0 Å². The Morgan fingerprint density at radius 1 is 1.67 bits per heavy atom. The van der Waals surface area contributed by atoms with Crippen LogP contribution in [0.5, 0.6) is 0 Å². The molecule has 0 saturated carbocycles. The summed E-state index contributed by atoms with van der Waals surface area (Å²) >= 11 is 0. The average molecular weight is 168 g/mol. The van der Waals surface area contributed by atoms with Gasteiger partial charge in [0.2, 0.25) is 5.89 Å². The molecule has 0 radical (unpaired) electrons. The van der Waals surface area contributed by atoms with Crippen molar-refractivity contribution in [3.8, 4) is 0 Å². The van der Waals surface area contributed by atoms with Crippen molar-refractivity contribution in [1.82, 2.24) is 10.3 Å². The van der Waals surface area contributed by atoms with E-state index in [1.807, 2.05) is 6.92 Å². The van der Waals surface area contributed by atoms with Gasteiger partial charge in [0.15, 0.2) is 0 Å². The minimum atomic E-state index is 0.132. The number of rotatable bonds is 1. The molecule has 1 unspecified atom stereocenters. The first kappa shape index (κ1) is 7.76. The lowest BCUT2D eigenvalue weighted by molar-refractivity contribution is 0.0681. The molecular formula is C8H12N2O2. The molecule has 0 aromatic carbocycles. The van der Waals surface area contributed by atoms with Crippen molar-refractivity contribution in [2.24, 2.45) is 0 Å². The molecule has 1 N–H and O–H groups in total. The average Bonchev–Trinajstić information content (AvgIpc) is 2.54. The van der Waals surface area contributed by atoms with Crippen LogP contribution in [0.2, 0.25) is 0 Å². The first-order chi connectivity index (χ1) is 5.86. The van der Waals surface area contributed by atoms with Crippen LogP contribution in [0.1, 0.15) is 17.6 Å². The van der Waals surface area contributed by atoms with Crippen molar-refractivity contribution in [2.75, 3.05) is 19.8 Å². The fraction of sp³-hybridized carbons (Fsp3) is 0.625. The molecule has 0 amide bonds. The Bertz CT molecular complexity index is 253. The largest absolute Gasteiger partial charge is 0.447 e. The number of aryl methyl sites for hydroxylation is 1. The summed E-state index contributed by atoms with van der Waals surface area (Å²) in [6.45, 7) is 4.21. The van der Waals surface area contributed by atoms with Gasteiger partial charge >= 0.3 is 0 Å². The normalized spacial score (nSPS) is 24.2. The second-order valence-electron chi connectivity index (χ2n) is 2.91. The highest BCUT2D eigenvalue weighted by Crippen LogP contribution is 2.14. The molecule has 66 valence electrons. The van der Waals surface area contributed by atoms with E-state index in [4.69, 9.17) is 9.15 Å². The summed E-state index contributed by atoms with van der Waals surface area (Å²) in [4.78, 5) is 4.23. The van der Waals surface area contributed by atoms with Crippen LogP contribution in [0.4, 0.5) is 0 Å². The third-order valence-corrected chi connectivity index (χ3v) is 1.86. The number of ether oxygens (including phenoxy) is 1. The Hall–Kier alpha value is -0.870. The summed E-state index contributed by atoms with van der Waals surface area (Å²) in [5.74, 6) is 0.729. The molecule has 4 nitrogen and oxygen atoms in total. The SMILES string of the molecule is Cc1coc(C2COCCN2)n1. The molecule has 4 heteroatoms. The van der Waals surface area contributed by atoms with Gasteiger partial charge in [0.25, 0.3) is 0 Å². The molecule has 2 rings (SSSR count). The molecule has 1 aromatic heterocycles. The molecule has 2 heterocycles. The van der Waals surface area contributed by atoms with Crippen LogP contribution in [0.3, 0.4) is 0 Å². The minimum absolute atomic E-state index is 0.132. The lowest BCUT2D eigenvalue weighted by Crippen LogP contribution is -2.34. The Labute approximate surface area is 70.9 Å². The zero-order valence-corrected chi connectivity index (χ0v) is 7.04. The fourth-order valence-electron chi connectivity index (χ4n) is 1.26. The number of hydrogen-bond donors (Lipinski definition) is 1. The van der Waals surface area contributed by atoms with Crippen molar-refractivity contribution in [3.05, 3.63) is 17.8 Å². The Morgan fingerprint density at radius 2 is 2.58 bits per heavy atom. The van der Waals surface area contributed by atoms with Crippen LogP contribution in [0.15, 0.2) is 10.7 Å². The van der Waals surface area contributed by atoms with Gasteiger partial charge in [0, 0.05) is 6.54 Å². The van der Waals surface area contributed by atoms with Crippen LogP contribution >= 0.6 is 0 Å². The molecule has 1 atom stereocenters. The van der Waals surface area contributed by atoms with Gasteiger partial charge in [-0.25, -0.2) is 4.98 Å². The fourth-order valence-corrected chi connectivity index (χ4v) is 1.26. The zero-order chi connectivity index (χ0) is 8.39. The van der Waals surface area contributed by atoms with Gasteiger partial charge in [-0.3, -0.25) is 0 Å². The summed E-state index contributed by atoms with van der Waals surface area (Å²) in [6.07, 6.45) is 1.66. The van der Waals surface area contributed by atoms with Crippen LogP contribution < -0.4 is 5.32 Å². The molecular weight excluding hydrogens is 156 g/mol. The summed E-state index contributed by atoms with van der Waals surface area (Å²) in [5.41, 5.74) is 0.914. The molecule has 0 bridgehead atoms. The first-order valence-corrected chi connectivity index (χ1v) is 4.09. The first-order valence-electron chi connectivity index (χ1n) is 4.09. The Morgan fingerprint density at radius 3 is 3.17 bits per heavy atom. The molecule has 1 aliphatic heterocycles. The highest BCUT2D eigenvalue weighted by molar-refractivity contribution is 4.98. The van der Waals surface area contributed by atoms with E-state index in [0.717, 1.165) is 24.7 Å². The Kier molecular flexibility index (Phi) is 2.10. The van der Waals surface area contributed by atoms with Crippen molar-refractivity contribution in [3.63, 3.8) is 0 Å². The van der Waals surface area contributed by atoms with Crippen LogP contribution in [0, 0.1) is 6.92 Å². The Balaban J connectivity index is 2.08. The summed E-state index contributed by atoms with van der Waals surface area (Å²) in [5, 5.41) is 3.27. The zero-order valence-electron chi connectivity index (χ0n) is 7.04. The predicted octanol–water partition coefficient (Wildman–Crippen LogP) is 0.644. The molecule has 0 aliphatic carbocycles. The van der Waals surface area contributed by atoms with Crippen LogP contribution in [-0.2, 0) is 4.74 Å². The smallest absolute Gasteiger partial charge is 0.213 e. The van der Waals surface area contributed by atoms with E-state index in [1.54, 1.807) is 6.26 Å². The molecule has 1 saturated heterocycles. The number of oxazole rings is 1. The van der Waals surface area contributed by atoms with E-state index in [-0.39, 0.29) is 6.04 Å². The van der Waals surface area contributed by atoms with Gasteiger partial charge in [0.05, 0.1) is 18.9 Å². The van der Waals surface area contributed by atoms with E-state index in [9.17, 15) is 0 Å². The third-order valence-electron chi connectivity index (χ3n) is 1.86. The lowest BCUT2D eigenvalue weighted by Gasteiger charge is -2.20. The second kappa shape index (κ2) is 3.25. The van der Waals surface area contributed by atoms with Gasteiger partial charge in [-0.05, 0) is 6.92 Å². The molecule has 1 fully saturated rings. The molecule has 1 aliphatic rings. The monoisotopic (exact) mass is 168 g/mol. The van der Waals surface area contributed by atoms with E-state index < -0.39 is 0 Å². The number of aromatic nitrogens is 1. The van der Waals surface area contributed by atoms with Crippen LogP contribution in [-0.4, -0.2) is 24.7 Å². The van der Waals surface area contributed by atoms with Crippen molar-refractivity contribution < 1.29 is 9.15 Å². The van der Waals surface area contributed by atoms with E-state index in [1.165, 1.54) is 0 Å². The number of morpholine rings is 1. The van der Waals surface area contributed by atoms with Gasteiger partial charge in [-0.2, -0.15) is 0 Å². The quantitative estimate of drug-likeness (QED) is 0.668. The summed E-state index contributed by atoms with van der Waals surface area (Å²) in [7, 11) is 0. The molecule has 0 spiro atoms. The van der Waals surface area contributed by atoms with Crippen molar-refractivity contribution in [1.29, 1.82) is 0 Å². The highest BCUT2D eigenvalue weighted by Gasteiger charge is 2.19. The van der Waals surface area contributed by atoms with Gasteiger partial charge in [0.1, 0.15) is 12.3 Å². The second-order valence-corrected chi connectivity index (χ2v) is 2.91. The van der Waals surface area contributed by atoms with Crippen molar-refractivity contribution in [2.45, 2.75) is 13.0 Å². The minimum Gasteiger partial charge on any atom is -0.447 e. The summed E-state index contributed by atoms with van der Waals surface area (Å²) in [6, 6.07) is 0.132. The molecule has 12 heavy (non-hydrogen) atoms. The van der Waals surface area contributed by atoms with Crippen molar-refractivity contribution >= 4 is 0 Å². The maximum atomic E-state index is 5.28. The van der Waals surface area contributed by atoms with E-state index in [0.29, 0.717) is 6.61 Å². The summed E-state index contributed by atoms with van der Waals surface area (Å²) < 4.78 is 10.5. The number of nitrogens with zero attached hydrogens (tertiary/aromatic N) is 1. The maximum absolute atomic E-state index is 5.28.